The van der Waals surface area contributed by atoms with Crippen LogP contribution in [0.25, 0.3) is 0 Å². The van der Waals surface area contributed by atoms with Crippen LogP contribution in [-0.4, -0.2) is 64.8 Å². The molecule has 0 bridgehead atoms. The Hall–Kier alpha value is -3.30. The number of hydrogen-bond donors (Lipinski definition) is 2. The Morgan fingerprint density at radius 3 is 2.41 bits per heavy atom. The Bertz CT molecular complexity index is 1290. The second-order valence-corrected chi connectivity index (χ2v) is 12.3. The number of ether oxygens (including phenoxy) is 3. The van der Waals surface area contributed by atoms with Gasteiger partial charge >= 0.3 is 11.9 Å². The SMILES string of the molecule is C=C1[C@@H](C)[C@H]2[C@H](Cc3ccccc3)NC(=O)[C@]23[C@H](OC(C)=O)[C@@H]2O[C@@H]2[C@@](C)(O)C(=O)[C@@H](C)C/C=C/[C@H]3[C@@H]1OC(C)=O. The van der Waals surface area contributed by atoms with Crippen LogP contribution in [0.2, 0.25) is 0 Å². The van der Waals surface area contributed by atoms with Gasteiger partial charge in [0.1, 0.15) is 35.4 Å². The zero-order valence-electron chi connectivity index (χ0n) is 24.2. The van der Waals surface area contributed by atoms with E-state index < -0.39 is 70.9 Å². The first kappa shape index (κ1) is 29.2. The van der Waals surface area contributed by atoms with Crippen molar-refractivity contribution in [2.45, 2.75) is 83.5 Å². The van der Waals surface area contributed by atoms with Crippen LogP contribution in [0.5, 0.6) is 0 Å². The lowest BCUT2D eigenvalue weighted by Gasteiger charge is -2.53. The molecule has 11 atom stereocenters. The number of esters is 2. The summed E-state index contributed by atoms with van der Waals surface area (Å²) in [6.07, 6.45) is 0.419. The van der Waals surface area contributed by atoms with Gasteiger partial charge in [0, 0.05) is 37.6 Å². The average molecular weight is 566 g/mol. The molecule has 1 amide bonds. The third kappa shape index (κ3) is 4.73. The van der Waals surface area contributed by atoms with Crippen molar-refractivity contribution in [2.24, 2.45) is 29.1 Å². The summed E-state index contributed by atoms with van der Waals surface area (Å²) in [7, 11) is 0. The van der Waals surface area contributed by atoms with Crippen LogP contribution in [0, 0.1) is 29.1 Å². The van der Waals surface area contributed by atoms with Gasteiger partial charge in [0.15, 0.2) is 5.78 Å². The molecule has 2 aliphatic heterocycles. The zero-order chi connectivity index (χ0) is 29.9. The standard InChI is InChI=1S/C32H39NO8/c1-16-11-10-14-22-25(39-19(4)34)18(3)17(2)24-23(15-21-12-8-7-9-13-21)33-30(37)32(22,24)29(40-20(5)35)26-28(41-26)31(6,38)27(16)36/h7-10,12-14,16-17,22-26,28-29,38H,3,11,15H2,1-2,4-6H3,(H,33,37)/b14-10+/t16-,17+,22-,23-,24-,25+,26+,28-,29+,31-,32-/m0/s1. The molecule has 0 unspecified atom stereocenters. The summed E-state index contributed by atoms with van der Waals surface area (Å²) in [5.41, 5.74) is -1.63. The molecule has 1 aromatic carbocycles. The smallest absolute Gasteiger partial charge is 0.303 e. The summed E-state index contributed by atoms with van der Waals surface area (Å²) in [4.78, 5) is 52.9. The molecule has 41 heavy (non-hydrogen) atoms. The number of aliphatic hydroxyl groups is 1. The molecule has 2 saturated heterocycles. The number of Topliss-reactive ketones (excluding diaryl/α,β-unsaturated/α-hetero) is 1. The van der Waals surface area contributed by atoms with Crippen LogP contribution in [0.4, 0.5) is 0 Å². The van der Waals surface area contributed by atoms with Gasteiger partial charge in [-0.1, -0.05) is 62.9 Å². The summed E-state index contributed by atoms with van der Waals surface area (Å²) in [5, 5.41) is 14.6. The highest BCUT2D eigenvalue weighted by Crippen LogP contribution is 2.61. The number of epoxide rings is 1. The molecule has 0 radical (unpaired) electrons. The molecular weight excluding hydrogens is 526 g/mol. The molecular formula is C32H39NO8. The fourth-order valence-electron chi connectivity index (χ4n) is 7.71. The molecule has 2 aliphatic carbocycles. The minimum absolute atomic E-state index is 0.283. The van der Waals surface area contributed by atoms with Crippen molar-refractivity contribution in [3.63, 3.8) is 0 Å². The predicted molar refractivity (Wildman–Crippen MR) is 148 cm³/mol. The maximum Gasteiger partial charge on any atom is 0.303 e. The number of allylic oxidation sites excluding steroid dienone is 1. The summed E-state index contributed by atoms with van der Waals surface area (Å²) in [6.45, 7) is 12.0. The molecule has 9 nitrogen and oxygen atoms in total. The van der Waals surface area contributed by atoms with Crippen LogP contribution < -0.4 is 5.32 Å². The second-order valence-electron chi connectivity index (χ2n) is 12.3. The monoisotopic (exact) mass is 565 g/mol. The molecule has 2 heterocycles. The van der Waals surface area contributed by atoms with Gasteiger partial charge in [0.2, 0.25) is 5.91 Å². The van der Waals surface area contributed by atoms with E-state index in [0.717, 1.165) is 5.56 Å². The van der Waals surface area contributed by atoms with Gasteiger partial charge < -0.3 is 24.6 Å². The molecule has 2 N–H and O–H groups in total. The van der Waals surface area contributed by atoms with E-state index in [1.807, 2.05) is 37.3 Å². The summed E-state index contributed by atoms with van der Waals surface area (Å²) in [6, 6.07) is 9.41. The van der Waals surface area contributed by atoms with Crippen molar-refractivity contribution < 1.29 is 38.5 Å². The van der Waals surface area contributed by atoms with E-state index in [1.165, 1.54) is 20.8 Å². The maximum atomic E-state index is 14.6. The first-order valence-electron chi connectivity index (χ1n) is 14.3. The van der Waals surface area contributed by atoms with Crippen molar-refractivity contribution in [1.82, 2.24) is 5.32 Å². The van der Waals surface area contributed by atoms with Gasteiger partial charge in [0.05, 0.1) is 0 Å². The molecule has 1 aromatic rings. The molecule has 5 rings (SSSR count). The third-order valence-electron chi connectivity index (χ3n) is 9.57. The highest BCUT2D eigenvalue weighted by molar-refractivity contribution is 5.91. The number of rotatable bonds is 4. The van der Waals surface area contributed by atoms with Crippen LogP contribution >= 0.6 is 0 Å². The van der Waals surface area contributed by atoms with Crippen molar-refractivity contribution in [3.05, 3.63) is 60.2 Å². The Kier molecular flexibility index (Phi) is 7.49. The Morgan fingerprint density at radius 1 is 1.12 bits per heavy atom. The number of nitrogens with one attached hydrogen (secondary N) is 1. The highest BCUT2D eigenvalue weighted by Gasteiger charge is 2.75. The summed E-state index contributed by atoms with van der Waals surface area (Å²) >= 11 is 0. The molecule has 1 saturated carbocycles. The van der Waals surface area contributed by atoms with E-state index in [2.05, 4.69) is 11.9 Å². The second kappa shape index (κ2) is 10.5. The lowest BCUT2D eigenvalue weighted by molar-refractivity contribution is -0.181. The quantitative estimate of drug-likeness (QED) is 0.324. The van der Waals surface area contributed by atoms with Crippen molar-refractivity contribution in [2.75, 3.05) is 0 Å². The van der Waals surface area contributed by atoms with Gasteiger partial charge in [-0.3, -0.25) is 19.2 Å². The normalized spacial score (nSPS) is 42.5. The number of carbonyl (C=O) groups is 4. The van der Waals surface area contributed by atoms with Crippen molar-refractivity contribution in [1.29, 1.82) is 0 Å². The van der Waals surface area contributed by atoms with E-state index in [-0.39, 0.29) is 24.3 Å². The van der Waals surface area contributed by atoms with Crippen LogP contribution in [0.3, 0.4) is 0 Å². The highest BCUT2D eigenvalue weighted by atomic mass is 16.6. The lowest BCUT2D eigenvalue weighted by Crippen LogP contribution is -2.63. The number of benzene rings is 1. The summed E-state index contributed by atoms with van der Waals surface area (Å²) in [5.74, 6) is -4.03. The number of carbonyl (C=O) groups excluding carboxylic acids is 4. The molecule has 9 heteroatoms. The number of ketones is 1. The van der Waals surface area contributed by atoms with Gasteiger partial charge in [-0.2, -0.15) is 0 Å². The first-order valence-corrected chi connectivity index (χ1v) is 14.3. The topological polar surface area (TPSA) is 132 Å². The first-order chi connectivity index (χ1) is 19.3. The van der Waals surface area contributed by atoms with Crippen molar-refractivity contribution in [3.8, 4) is 0 Å². The molecule has 4 aliphatic rings. The lowest BCUT2D eigenvalue weighted by atomic mass is 9.51. The Labute approximate surface area is 240 Å². The summed E-state index contributed by atoms with van der Waals surface area (Å²) < 4.78 is 17.9. The zero-order valence-corrected chi connectivity index (χ0v) is 24.2. The van der Waals surface area contributed by atoms with Gasteiger partial charge in [0.25, 0.3) is 0 Å². The largest absolute Gasteiger partial charge is 0.458 e. The third-order valence-corrected chi connectivity index (χ3v) is 9.57. The van der Waals surface area contributed by atoms with E-state index in [9.17, 15) is 24.3 Å². The van der Waals surface area contributed by atoms with E-state index >= 15 is 0 Å². The van der Waals surface area contributed by atoms with Crippen molar-refractivity contribution >= 4 is 23.6 Å². The molecule has 3 fully saturated rings. The van der Waals surface area contributed by atoms with E-state index in [4.69, 9.17) is 14.2 Å². The van der Waals surface area contributed by atoms with Crippen LogP contribution in [-0.2, 0) is 39.8 Å². The molecule has 220 valence electrons. The van der Waals surface area contributed by atoms with Gasteiger partial charge in [-0.05, 0) is 36.8 Å². The Morgan fingerprint density at radius 2 is 1.78 bits per heavy atom. The number of amides is 1. The van der Waals surface area contributed by atoms with Crippen LogP contribution in [0.1, 0.15) is 46.6 Å². The maximum absolute atomic E-state index is 14.6. The minimum Gasteiger partial charge on any atom is -0.458 e. The van der Waals surface area contributed by atoms with Gasteiger partial charge in [-0.15, -0.1) is 0 Å². The fourth-order valence-corrected chi connectivity index (χ4v) is 7.71. The number of fused-ring (bicyclic) bond motifs is 1. The van der Waals surface area contributed by atoms with Gasteiger partial charge in [-0.25, -0.2) is 0 Å². The average Bonchev–Trinajstić information content (AvgIpc) is 3.66. The predicted octanol–water partition coefficient (Wildman–Crippen LogP) is 2.70. The van der Waals surface area contributed by atoms with E-state index in [0.29, 0.717) is 12.0 Å². The van der Waals surface area contributed by atoms with E-state index in [1.54, 1.807) is 19.1 Å². The van der Waals surface area contributed by atoms with Crippen LogP contribution in [0.15, 0.2) is 54.6 Å². The number of hydrogen-bond acceptors (Lipinski definition) is 8. The minimum atomic E-state index is -1.86. The fraction of sp³-hybridized carbons (Fsp3) is 0.562. The Balaban J connectivity index is 1.74. The molecule has 1 spiro atoms. The molecule has 0 aromatic heterocycles.